The second-order valence-electron chi connectivity index (χ2n) is 4.36. The van der Waals surface area contributed by atoms with Gasteiger partial charge in [-0.3, -0.25) is 0 Å². The third-order valence-electron chi connectivity index (χ3n) is 2.81. The topological polar surface area (TPSA) is 9.23 Å². The summed E-state index contributed by atoms with van der Waals surface area (Å²) in [6.45, 7) is 11.2. The van der Waals surface area contributed by atoms with Crippen molar-refractivity contribution >= 4 is 10.8 Å². The molecule has 18 heavy (non-hydrogen) atoms. The molecule has 1 nitrogen and oxygen atoms in total. The predicted octanol–water partition coefficient (Wildman–Crippen LogP) is 5.39. The molecule has 0 bridgehead atoms. The molecule has 0 saturated heterocycles. The van der Waals surface area contributed by atoms with Crippen LogP contribution in [0.3, 0.4) is 0 Å². The molecule has 0 heterocycles. The van der Waals surface area contributed by atoms with Crippen LogP contribution in [0.25, 0.3) is 10.8 Å². The van der Waals surface area contributed by atoms with Crippen molar-refractivity contribution in [2.75, 3.05) is 6.61 Å². The highest BCUT2D eigenvalue weighted by Crippen LogP contribution is 2.24. The number of rotatable bonds is 3. The first-order valence-electron chi connectivity index (χ1n) is 6.87. The van der Waals surface area contributed by atoms with Crippen molar-refractivity contribution in [2.24, 2.45) is 0 Å². The van der Waals surface area contributed by atoms with E-state index in [1.165, 1.54) is 16.3 Å². The summed E-state index contributed by atoms with van der Waals surface area (Å²) in [5, 5.41) is 2.53. The fourth-order valence-electron chi connectivity index (χ4n) is 1.86. The van der Waals surface area contributed by atoms with Crippen molar-refractivity contribution in [1.82, 2.24) is 0 Å². The van der Waals surface area contributed by atoms with Gasteiger partial charge in [0.15, 0.2) is 0 Å². The van der Waals surface area contributed by atoms with Crippen molar-refractivity contribution < 1.29 is 4.74 Å². The van der Waals surface area contributed by atoms with Gasteiger partial charge >= 0.3 is 0 Å². The maximum absolute atomic E-state index is 5.49. The van der Waals surface area contributed by atoms with E-state index in [4.69, 9.17) is 4.74 Å². The highest BCUT2D eigenvalue weighted by molar-refractivity contribution is 5.84. The quantitative estimate of drug-likeness (QED) is 0.703. The van der Waals surface area contributed by atoms with Crippen molar-refractivity contribution in [3.05, 3.63) is 42.0 Å². The third kappa shape index (κ3) is 3.49. The summed E-state index contributed by atoms with van der Waals surface area (Å²) < 4.78 is 5.49. The molecular formula is C17H24O. The van der Waals surface area contributed by atoms with E-state index in [1.54, 1.807) is 0 Å². The monoisotopic (exact) mass is 244 g/mol. The molecular weight excluding hydrogens is 220 g/mol. The minimum absolute atomic E-state index is 0.580. The molecule has 0 fully saturated rings. The Hall–Kier alpha value is -1.50. The van der Waals surface area contributed by atoms with Crippen LogP contribution < -0.4 is 4.74 Å². The summed E-state index contributed by atoms with van der Waals surface area (Å²) in [5.74, 6) is 1.53. The van der Waals surface area contributed by atoms with Gasteiger partial charge in [-0.15, -0.1) is 0 Å². The van der Waals surface area contributed by atoms with Crippen LogP contribution in [0.5, 0.6) is 5.75 Å². The lowest BCUT2D eigenvalue weighted by molar-refractivity contribution is 0.341. The van der Waals surface area contributed by atoms with Gasteiger partial charge in [-0.2, -0.15) is 0 Å². The van der Waals surface area contributed by atoms with E-state index in [-0.39, 0.29) is 0 Å². The van der Waals surface area contributed by atoms with E-state index in [0.717, 1.165) is 12.4 Å². The van der Waals surface area contributed by atoms with Crippen LogP contribution in [-0.4, -0.2) is 6.61 Å². The number of hydrogen-bond acceptors (Lipinski definition) is 1. The van der Waals surface area contributed by atoms with Gasteiger partial charge in [-0.25, -0.2) is 0 Å². The Morgan fingerprint density at radius 1 is 0.944 bits per heavy atom. The summed E-state index contributed by atoms with van der Waals surface area (Å²) >= 11 is 0. The van der Waals surface area contributed by atoms with Crippen LogP contribution >= 0.6 is 0 Å². The third-order valence-corrected chi connectivity index (χ3v) is 2.81. The van der Waals surface area contributed by atoms with Gasteiger partial charge in [0.05, 0.1) is 6.61 Å². The SMILES string of the molecule is CC.CCOc1ccc2cc(C(C)C)ccc2c1. The molecule has 0 aromatic heterocycles. The van der Waals surface area contributed by atoms with E-state index in [0.29, 0.717) is 5.92 Å². The average Bonchev–Trinajstić information content (AvgIpc) is 2.40. The largest absolute Gasteiger partial charge is 0.494 e. The van der Waals surface area contributed by atoms with Gasteiger partial charge in [-0.05, 0) is 41.3 Å². The minimum atomic E-state index is 0.580. The number of ether oxygens (including phenoxy) is 1. The first-order chi connectivity index (χ1) is 8.70. The zero-order valence-electron chi connectivity index (χ0n) is 12.2. The second kappa shape index (κ2) is 7.05. The summed E-state index contributed by atoms with van der Waals surface area (Å²) in [6.07, 6.45) is 0. The lowest BCUT2D eigenvalue weighted by atomic mass is 9.99. The highest BCUT2D eigenvalue weighted by atomic mass is 16.5. The van der Waals surface area contributed by atoms with Gasteiger partial charge in [-0.1, -0.05) is 52.0 Å². The Morgan fingerprint density at radius 3 is 2.17 bits per heavy atom. The lowest BCUT2D eigenvalue weighted by Gasteiger charge is -2.08. The van der Waals surface area contributed by atoms with Gasteiger partial charge in [0.2, 0.25) is 0 Å². The Kier molecular flexibility index (Phi) is 5.70. The van der Waals surface area contributed by atoms with Gasteiger partial charge in [0.25, 0.3) is 0 Å². The van der Waals surface area contributed by atoms with Crippen molar-refractivity contribution in [3.63, 3.8) is 0 Å². The molecule has 0 aliphatic carbocycles. The van der Waals surface area contributed by atoms with Crippen LogP contribution in [-0.2, 0) is 0 Å². The number of hydrogen-bond donors (Lipinski definition) is 0. The molecule has 0 saturated carbocycles. The van der Waals surface area contributed by atoms with Crippen molar-refractivity contribution in [3.8, 4) is 5.75 Å². The fourth-order valence-corrected chi connectivity index (χ4v) is 1.86. The lowest BCUT2D eigenvalue weighted by Crippen LogP contribution is -1.91. The molecule has 0 unspecified atom stereocenters. The zero-order chi connectivity index (χ0) is 13.5. The van der Waals surface area contributed by atoms with Crippen LogP contribution in [0.2, 0.25) is 0 Å². The first kappa shape index (κ1) is 14.6. The molecule has 2 aromatic rings. The Morgan fingerprint density at radius 2 is 1.56 bits per heavy atom. The van der Waals surface area contributed by atoms with Crippen LogP contribution in [0.4, 0.5) is 0 Å². The Labute approximate surface area is 111 Å². The van der Waals surface area contributed by atoms with Gasteiger partial charge in [0, 0.05) is 0 Å². The van der Waals surface area contributed by atoms with E-state index >= 15 is 0 Å². The average molecular weight is 244 g/mol. The normalized spacial score (nSPS) is 10.1. The molecule has 98 valence electrons. The minimum Gasteiger partial charge on any atom is -0.494 e. The van der Waals surface area contributed by atoms with Gasteiger partial charge < -0.3 is 4.74 Å². The molecule has 2 aromatic carbocycles. The summed E-state index contributed by atoms with van der Waals surface area (Å²) in [5.41, 5.74) is 1.39. The first-order valence-corrected chi connectivity index (χ1v) is 6.87. The standard InChI is InChI=1S/C15H18O.C2H6/c1-4-16-15-8-7-13-9-12(11(2)3)5-6-14(13)10-15;1-2/h5-11H,4H2,1-3H3;1-2H3. The smallest absolute Gasteiger partial charge is 0.119 e. The molecule has 0 radical (unpaired) electrons. The summed E-state index contributed by atoms with van der Waals surface area (Å²) in [4.78, 5) is 0. The summed E-state index contributed by atoms with van der Waals surface area (Å²) in [7, 11) is 0. The Bertz CT molecular complexity index is 486. The van der Waals surface area contributed by atoms with Gasteiger partial charge in [0.1, 0.15) is 5.75 Å². The maximum Gasteiger partial charge on any atom is 0.119 e. The van der Waals surface area contributed by atoms with Crippen LogP contribution in [0, 0.1) is 0 Å². The van der Waals surface area contributed by atoms with E-state index in [9.17, 15) is 0 Å². The molecule has 0 spiro atoms. The highest BCUT2D eigenvalue weighted by Gasteiger charge is 2.01. The zero-order valence-corrected chi connectivity index (χ0v) is 12.2. The van der Waals surface area contributed by atoms with E-state index < -0.39 is 0 Å². The van der Waals surface area contributed by atoms with Crippen LogP contribution in [0.1, 0.15) is 46.1 Å². The molecule has 2 rings (SSSR count). The predicted molar refractivity (Wildman–Crippen MR) is 80.6 cm³/mol. The molecule has 0 atom stereocenters. The van der Waals surface area contributed by atoms with Crippen molar-refractivity contribution in [2.45, 2.75) is 40.5 Å². The second-order valence-corrected chi connectivity index (χ2v) is 4.36. The van der Waals surface area contributed by atoms with Crippen LogP contribution in [0.15, 0.2) is 36.4 Å². The van der Waals surface area contributed by atoms with E-state index in [2.05, 4.69) is 44.2 Å². The molecule has 0 aliphatic heterocycles. The fraction of sp³-hybridized carbons (Fsp3) is 0.412. The molecule has 1 heteroatoms. The number of benzene rings is 2. The molecule has 0 N–H and O–H groups in total. The molecule has 0 aliphatic rings. The Balaban J connectivity index is 0.000000771. The van der Waals surface area contributed by atoms with E-state index in [1.807, 2.05) is 26.8 Å². The summed E-state index contributed by atoms with van der Waals surface area (Å²) in [6, 6.07) is 12.9. The maximum atomic E-state index is 5.49. The van der Waals surface area contributed by atoms with Crippen molar-refractivity contribution in [1.29, 1.82) is 0 Å². The molecule has 0 amide bonds. The number of fused-ring (bicyclic) bond motifs is 1.